The third-order valence-corrected chi connectivity index (χ3v) is 5.20. The van der Waals surface area contributed by atoms with Crippen molar-refractivity contribution in [3.63, 3.8) is 0 Å². The third-order valence-electron chi connectivity index (χ3n) is 4.63. The van der Waals surface area contributed by atoms with E-state index in [4.69, 9.17) is 28.3 Å². The molecule has 1 fully saturated rings. The molecule has 0 saturated carbocycles. The van der Waals surface area contributed by atoms with Crippen molar-refractivity contribution in [3.05, 3.63) is 64.5 Å². The van der Waals surface area contributed by atoms with Gasteiger partial charge in [0.05, 0.1) is 5.02 Å². The summed E-state index contributed by atoms with van der Waals surface area (Å²) in [4.78, 5) is 20.3. The molecule has 2 atom stereocenters. The van der Waals surface area contributed by atoms with Crippen LogP contribution in [0.15, 0.2) is 48.0 Å². The smallest absolute Gasteiger partial charge is 0.211 e. The number of anilines is 1. The molecule has 36 heavy (non-hydrogen) atoms. The summed E-state index contributed by atoms with van der Waals surface area (Å²) in [6.45, 7) is 14.6. The lowest BCUT2D eigenvalue weighted by atomic mass is 9.85. The number of amides is 2. The highest BCUT2D eigenvalue weighted by molar-refractivity contribution is 6.31. The summed E-state index contributed by atoms with van der Waals surface area (Å²) in [5, 5.41) is 17.1. The molecule has 0 aliphatic carbocycles. The van der Waals surface area contributed by atoms with Crippen LogP contribution < -0.4 is 16.0 Å². The van der Waals surface area contributed by atoms with E-state index in [0.717, 1.165) is 25.1 Å². The molecule has 4 N–H and O–H groups in total. The summed E-state index contributed by atoms with van der Waals surface area (Å²) in [6.07, 6.45) is 9.89. The van der Waals surface area contributed by atoms with E-state index in [-0.39, 0.29) is 23.5 Å². The molecule has 0 spiro atoms. The predicted octanol–water partition coefficient (Wildman–Crippen LogP) is 5.77. The Balaban J connectivity index is 0.000000847. The molecule has 1 aromatic rings. The Morgan fingerprint density at radius 1 is 1.25 bits per heavy atom. The van der Waals surface area contributed by atoms with Gasteiger partial charge < -0.3 is 21.1 Å². The van der Waals surface area contributed by atoms with Crippen LogP contribution in [0.2, 0.25) is 5.02 Å². The van der Waals surface area contributed by atoms with E-state index in [0.29, 0.717) is 41.9 Å². The summed E-state index contributed by atoms with van der Waals surface area (Å²) in [6, 6.07) is 2.87. The number of carbonyl (C=O) groups is 2. The molecular weight excluding hydrogens is 504 g/mol. The highest BCUT2D eigenvalue weighted by atomic mass is 35.5. The number of benzene rings is 1. The van der Waals surface area contributed by atoms with Crippen molar-refractivity contribution in [2.75, 3.05) is 31.6 Å². The van der Waals surface area contributed by atoms with Crippen molar-refractivity contribution in [2.45, 2.75) is 46.5 Å². The Morgan fingerprint density at radius 3 is 2.47 bits per heavy atom. The van der Waals surface area contributed by atoms with Gasteiger partial charge in [-0.3, -0.25) is 9.59 Å². The van der Waals surface area contributed by atoms with Gasteiger partial charge in [-0.05, 0) is 54.5 Å². The van der Waals surface area contributed by atoms with E-state index in [1.54, 1.807) is 12.2 Å². The number of allylic oxidation sites excluding steroid dienone is 5. The van der Waals surface area contributed by atoms with Crippen LogP contribution in [-0.2, 0) is 9.59 Å². The number of nitrogens with one attached hydrogen (secondary N) is 3. The number of aliphatic hydroxyl groups excluding tert-OH is 1. The minimum absolute atomic E-state index is 0.00490. The maximum atomic E-state index is 13.9. The number of aliphatic hydroxyl groups is 1. The summed E-state index contributed by atoms with van der Waals surface area (Å²) in [5.41, 5.74) is 1.81. The molecule has 0 bridgehead atoms. The summed E-state index contributed by atoms with van der Waals surface area (Å²) in [5.74, 6) is -0.113. The van der Waals surface area contributed by atoms with Crippen LogP contribution in [0.1, 0.15) is 52.0 Å². The van der Waals surface area contributed by atoms with Gasteiger partial charge in [-0.15, -0.1) is 0 Å². The van der Waals surface area contributed by atoms with Gasteiger partial charge in [-0.25, -0.2) is 4.39 Å². The molecule has 0 unspecified atom stereocenters. The number of carbonyl (C=O) groups excluding carboxylic acids is 2. The minimum Gasteiger partial charge on any atom is -0.396 e. The average molecular weight is 545 g/mol. The van der Waals surface area contributed by atoms with E-state index in [1.807, 2.05) is 12.2 Å². The summed E-state index contributed by atoms with van der Waals surface area (Å²) >= 11 is 11.7. The lowest BCUT2D eigenvalue weighted by Crippen LogP contribution is -2.13. The number of rotatable bonds is 11. The van der Waals surface area contributed by atoms with Crippen LogP contribution in [0, 0.1) is 17.2 Å². The first kappa shape index (κ1) is 33.8. The van der Waals surface area contributed by atoms with Crippen molar-refractivity contribution in [1.29, 1.82) is 0 Å². The van der Waals surface area contributed by atoms with Crippen molar-refractivity contribution < 1.29 is 19.1 Å². The van der Waals surface area contributed by atoms with Gasteiger partial charge in [0, 0.05) is 36.3 Å². The zero-order valence-electron chi connectivity index (χ0n) is 21.6. The van der Waals surface area contributed by atoms with Crippen LogP contribution in [0.4, 0.5) is 10.1 Å². The molecule has 6 nitrogen and oxygen atoms in total. The first-order chi connectivity index (χ1) is 17.0. The van der Waals surface area contributed by atoms with Crippen molar-refractivity contribution in [1.82, 2.24) is 10.6 Å². The lowest BCUT2D eigenvalue weighted by Gasteiger charge is -2.21. The zero-order valence-corrected chi connectivity index (χ0v) is 23.1. The molecular formula is C27H40Cl2FN3O3. The SMILES string of the molecule is C=C/C(Cl)=C\C=C/C[C@H]1CNC[C@H]1c1cc(F)c(Cl)cc1NC=O.CC(C)(C)C.O=CNCCCO. The highest BCUT2D eigenvalue weighted by Gasteiger charge is 2.30. The monoisotopic (exact) mass is 543 g/mol. The molecule has 0 aromatic heterocycles. The second kappa shape index (κ2) is 19.0. The Hall–Kier alpha value is -2.19. The van der Waals surface area contributed by atoms with E-state index in [2.05, 4.69) is 50.2 Å². The highest BCUT2D eigenvalue weighted by Crippen LogP contribution is 2.37. The van der Waals surface area contributed by atoms with Crippen LogP contribution in [0.25, 0.3) is 0 Å². The second-order valence-corrected chi connectivity index (χ2v) is 10.6. The number of hydrogen-bond donors (Lipinski definition) is 4. The predicted molar refractivity (Wildman–Crippen MR) is 149 cm³/mol. The Labute approximate surface area is 225 Å². The van der Waals surface area contributed by atoms with E-state index >= 15 is 0 Å². The summed E-state index contributed by atoms with van der Waals surface area (Å²) in [7, 11) is 0. The van der Waals surface area contributed by atoms with Crippen LogP contribution in [0.5, 0.6) is 0 Å². The Bertz CT molecular complexity index is 865. The van der Waals surface area contributed by atoms with Gasteiger partial charge >= 0.3 is 0 Å². The fraction of sp³-hybridized carbons (Fsp3) is 0.481. The first-order valence-corrected chi connectivity index (χ1v) is 12.6. The standard InChI is InChI=1S/C18H19Cl2FN2O.C5H12.C4H9NO2/c1-2-13(19)6-4-3-5-12-9-22-10-15(12)14-7-17(21)16(20)8-18(14)23-11-24;1-5(2,3)4;6-3-1-2-5-4-7/h2-4,6-8,11-12,15,22H,1,5,9-10H2,(H,23,24);1-4H3;4,6H,1-3H2,(H,5,7)/b4-3-,13-6+;;/t12-,15+;;/m0../s1. The summed E-state index contributed by atoms with van der Waals surface area (Å²) < 4.78 is 13.9. The number of halogens is 3. The lowest BCUT2D eigenvalue weighted by molar-refractivity contribution is -0.109. The fourth-order valence-corrected chi connectivity index (χ4v) is 3.36. The topological polar surface area (TPSA) is 90.5 Å². The molecule has 0 radical (unpaired) electrons. The molecule has 1 heterocycles. The first-order valence-electron chi connectivity index (χ1n) is 11.8. The van der Waals surface area contributed by atoms with Gasteiger partial charge in [0.15, 0.2) is 0 Å². The van der Waals surface area contributed by atoms with E-state index in [1.165, 1.54) is 12.1 Å². The fourth-order valence-electron chi connectivity index (χ4n) is 3.12. The van der Waals surface area contributed by atoms with Gasteiger partial charge in [0.25, 0.3) is 0 Å². The maximum Gasteiger partial charge on any atom is 0.211 e. The van der Waals surface area contributed by atoms with Gasteiger partial charge in [-0.1, -0.05) is 75.7 Å². The normalized spacial score (nSPS) is 17.4. The zero-order chi connectivity index (χ0) is 27.6. The molecule has 1 saturated heterocycles. The quantitative estimate of drug-likeness (QED) is 0.162. The second-order valence-electron chi connectivity index (χ2n) is 9.71. The van der Waals surface area contributed by atoms with Crippen LogP contribution in [-0.4, -0.2) is 44.2 Å². The molecule has 1 aliphatic heterocycles. The van der Waals surface area contributed by atoms with Gasteiger partial charge in [-0.2, -0.15) is 0 Å². The van der Waals surface area contributed by atoms with Crippen molar-refractivity contribution >= 4 is 41.7 Å². The molecule has 9 heteroatoms. The van der Waals surface area contributed by atoms with Crippen molar-refractivity contribution in [3.8, 4) is 0 Å². The molecule has 2 amide bonds. The Morgan fingerprint density at radius 2 is 1.92 bits per heavy atom. The average Bonchev–Trinajstić information content (AvgIpc) is 3.27. The third kappa shape index (κ3) is 15.7. The molecule has 2 rings (SSSR count). The minimum atomic E-state index is -0.481. The molecule has 1 aromatic carbocycles. The molecule has 1 aliphatic rings. The Kier molecular flexibility index (Phi) is 17.8. The number of hydrogen-bond acceptors (Lipinski definition) is 4. The van der Waals surface area contributed by atoms with E-state index in [9.17, 15) is 14.0 Å². The molecule has 202 valence electrons. The van der Waals surface area contributed by atoms with Gasteiger partial charge in [0.1, 0.15) is 5.82 Å². The van der Waals surface area contributed by atoms with Crippen molar-refractivity contribution in [2.24, 2.45) is 11.3 Å². The van der Waals surface area contributed by atoms with Gasteiger partial charge in [0.2, 0.25) is 12.8 Å². The van der Waals surface area contributed by atoms with E-state index < -0.39 is 5.82 Å². The van der Waals surface area contributed by atoms with Crippen LogP contribution >= 0.6 is 23.2 Å². The maximum absolute atomic E-state index is 13.9. The largest absolute Gasteiger partial charge is 0.396 e. The van der Waals surface area contributed by atoms with Crippen LogP contribution in [0.3, 0.4) is 0 Å².